The molecule has 0 saturated heterocycles. The lowest BCUT2D eigenvalue weighted by atomic mass is 9.93. The Morgan fingerprint density at radius 3 is 2.73 bits per heavy atom. The Hall–Kier alpha value is -2.41. The maximum Gasteiger partial charge on any atom is 0.214 e. The number of anilines is 1. The van der Waals surface area contributed by atoms with Crippen LogP contribution in [0.5, 0.6) is 0 Å². The van der Waals surface area contributed by atoms with E-state index in [1.807, 2.05) is 16.8 Å². The van der Waals surface area contributed by atoms with Gasteiger partial charge in [0.15, 0.2) is 0 Å². The van der Waals surface area contributed by atoms with Crippen LogP contribution in [0.3, 0.4) is 0 Å². The summed E-state index contributed by atoms with van der Waals surface area (Å²) in [5.74, 6) is 1.08. The summed E-state index contributed by atoms with van der Waals surface area (Å²) in [6.07, 6.45) is 4.51. The molecule has 1 aliphatic rings. The van der Waals surface area contributed by atoms with Gasteiger partial charge in [-0.25, -0.2) is 14.5 Å². The smallest absolute Gasteiger partial charge is 0.214 e. The van der Waals surface area contributed by atoms with Gasteiger partial charge in [-0.3, -0.25) is 0 Å². The number of para-hydroxylation sites is 2. The van der Waals surface area contributed by atoms with E-state index in [1.165, 1.54) is 18.4 Å². The maximum absolute atomic E-state index is 4.83. The molecule has 0 amide bonds. The highest BCUT2D eigenvalue weighted by Crippen LogP contribution is 2.38. The first-order chi connectivity index (χ1) is 12.5. The normalized spacial score (nSPS) is 15.2. The van der Waals surface area contributed by atoms with E-state index in [0.29, 0.717) is 12.6 Å². The van der Waals surface area contributed by atoms with Gasteiger partial charge >= 0.3 is 0 Å². The van der Waals surface area contributed by atoms with E-state index >= 15 is 0 Å². The van der Waals surface area contributed by atoms with Gasteiger partial charge < -0.3 is 9.88 Å². The van der Waals surface area contributed by atoms with Crippen molar-refractivity contribution in [1.29, 1.82) is 0 Å². The lowest BCUT2D eigenvalue weighted by molar-refractivity contribution is 0.572. The predicted octanol–water partition coefficient (Wildman–Crippen LogP) is 4.39. The third kappa shape index (κ3) is 2.67. The highest BCUT2D eigenvalue weighted by molar-refractivity contribution is 7.20. The fourth-order valence-corrected chi connectivity index (χ4v) is 4.02. The number of imidazole rings is 2. The topological polar surface area (TPSA) is 60.0 Å². The molecule has 0 bridgehead atoms. The second-order valence-corrected chi connectivity index (χ2v) is 8.94. The van der Waals surface area contributed by atoms with Crippen molar-refractivity contribution in [3.63, 3.8) is 0 Å². The molecule has 3 aromatic heterocycles. The van der Waals surface area contributed by atoms with Crippen LogP contribution in [-0.4, -0.2) is 24.1 Å². The Morgan fingerprint density at radius 1 is 1.19 bits per heavy atom. The van der Waals surface area contributed by atoms with Crippen LogP contribution in [0.2, 0.25) is 0 Å². The van der Waals surface area contributed by atoms with Crippen LogP contribution >= 0.6 is 11.3 Å². The van der Waals surface area contributed by atoms with Gasteiger partial charge in [-0.15, -0.1) is 5.10 Å². The van der Waals surface area contributed by atoms with Crippen LogP contribution < -0.4 is 5.32 Å². The molecule has 0 aliphatic heterocycles. The number of benzene rings is 1. The van der Waals surface area contributed by atoms with Crippen LogP contribution in [0.15, 0.2) is 30.5 Å². The maximum atomic E-state index is 4.83. The number of aromatic nitrogens is 5. The fraction of sp³-hybridized carbons (Fsp3) is 0.421. The van der Waals surface area contributed by atoms with Gasteiger partial charge in [-0.05, 0) is 25.0 Å². The third-order valence-electron chi connectivity index (χ3n) is 4.79. The Kier molecular flexibility index (Phi) is 3.37. The summed E-state index contributed by atoms with van der Waals surface area (Å²) in [6, 6.07) is 8.98. The van der Waals surface area contributed by atoms with Crippen molar-refractivity contribution < 1.29 is 0 Å². The molecule has 1 aromatic carbocycles. The molecule has 0 unspecified atom stereocenters. The SMILES string of the molecule is CC(C)(C)c1cn2nc(NCc3nc4ccccc4n3C3CC3)sc2n1. The molecular weight excluding hydrogens is 344 g/mol. The van der Waals surface area contributed by atoms with Crippen LogP contribution in [0, 0.1) is 0 Å². The first-order valence-electron chi connectivity index (χ1n) is 9.05. The molecule has 0 spiro atoms. The number of nitrogens with zero attached hydrogens (tertiary/aromatic N) is 5. The number of nitrogens with one attached hydrogen (secondary N) is 1. The van der Waals surface area contributed by atoms with E-state index in [9.17, 15) is 0 Å². The van der Waals surface area contributed by atoms with Gasteiger partial charge in [-0.1, -0.05) is 44.2 Å². The molecule has 1 fully saturated rings. The zero-order valence-corrected chi connectivity index (χ0v) is 16.0. The van der Waals surface area contributed by atoms with Gasteiger partial charge in [0.25, 0.3) is 0 Å². The van der Waals surface area contributed by atoms with Gasteiger partial charge in [0.1, 0.15) is 5.82 Å². The molecule has 6 nitrogen and oxygen atoms in total. The largest absolute Gasteiger partial charge is 0.353 e. The quantitative estimate of drug-likeness (QED) is 0.582. The Balaban J connectivity index is 1.41. The standard InChI is InChI=1S/C19H22N6S/c1-19(2,3)15-11-24-18(22-15)26-17(23-24)20-10-16-21-13-6-4-5-7-14(13)25(16)12-8-9-12/h4-7,11-12H,8-10H2,1-3H3,(H,20,23). The summed E-state index contributed by atoms with van der Waals surface area (Å²) in [5, 5.41) is 8.95. The van der Waals surface area contributed by atoms with Gasteiger partial charge in [-0.2, -0.15) is 0 Å². The number of hydrogen-bond acceptors (Lipinski definition) is 5. The van der Waals surface area contributed by atoms with E-state index < -0.39 is 0 Å². The highest BCUT2D eigenvalue weighted by Gasteiger charge is 2.28. The van der Waals surface area contributed by atoms with Crippen molar-refractivity contribution in [2.75, 3.05) is 5.32 Å². The van der Waals surface area contributed by atoms with Crippen molar-refractivity contribution in [2.45, 2.75) is 51.6 Å². The molecule has 3 heterocycles. The molecule has 26 heavy (non-hydrogen) atoms. The lowest BCUT2D eigenvalue weighted by Crippen LogP contribution is -2.11. The van der Waals surface area contributed by atoms with Crippen molar-refractivity contribution >= 4 is 32.5 Å². The molecule has 134 valence electrons. The molecule has 1 N–H and O–H groups in total. The van der Waals surface area contributed by atoms with E-state index in [0.717, 1.165) is 27.1 Å². The van der Waals surface area contributed by atoms with Crippen LogP contribution in [0.1, 0.15) is 51.2 Å². The molecule has 1 saturated carbocycles. The fourth-order valence-electron chi connectivity index (χ4n) is 3.25. The second-order valence-electron chi connectivity index (χ2n) is 7.98. The molecule has 0 radical (unpaired) electrons. The van der Waals surface area contributed by atoms with Crippen molar-refractivity contribution in [1.82, 2.24) is 24.1 Å². The third-order valence-corrected chi connectivity index (χ3v) is 5.67. The monoisotopic (exact) mass is 366 g/mol. The molecule has 7 heteroatoms. The van der Waals surface area contributed by atoms with E-state index in [2.05, 4.69) is 54.0 Å². The minimum absolute atomic E-state index is 0.0378. The minimum Gasteiger partial charge on any atom is -0.353 e. The van der Waals surface area contributed by atoms with Crippen molar-refractivity contribution in [2.24, 2.45) is 0 Å². The Bertz CT molecular complexity index is 1060. The second kappa shape index (κ2) is 5.54. The van der Waals surface area contributed by atoms with E-state index in [1.54, 1.807) is 11.3 Å². The first-order valence-corrected chi connectivity index (χ1v) is 9.87. The average molecular weight is 366 g/mol. The molecule has 5 rings (SSSR count). The molecule has 0 atom stereocenters. The summed E-state index contributed by atoms with van der Waals surface area (Å²) in [6.45, 7) is 7.18. The van der Waals surface area contributed by atoms with Crippen LogP contribution in [0.4, 0.5) is 5.13 Å². The van der Waals surface area contributed by atoms with Crippen molar-refractivity contribution in [3.05, 3.63) is 42.0 Å². The van der Waals surface area contributed by atoms with Crippen molar-refractivity contribution in [3.8, 4) is 0 Å². The summed E-state index contributed by atoms with van der Waals surface area (Å²) < 4.78 is 4.26. The number of rotatable bonds is 4. The van der Waals surface area contributed by atoms with Gasteiger partial charge in [0.05, 0.1) is 29.5 Å². The minimum atomic E-state index is 0.0378. The zero-order valence-electron chi connectivity index (χ0n) is 15.2. The summed E-state index contributed by atoms with van der Waals surface area (Å²) in [4.78, 5) is 10.5. The average Bonchev–Trinajstić information content (AvgIpc) is 3.07. The Labute approximate surface area is 155 Å². The van der Waals surface area contributed by atoms with Gasteiger partial charge in [0, 0.05) is 11.5 Å². The van der Waals surface area contributed by atoms with Crippen LogP contribution in [-0.2, 0) is 12.0 Å². The van der Waals surface area contributed by atoms with Gasteiger partial charge in [0.2, 0.25) is 10.1 Å². The summed E-state index contributed by atoms with van der Waals surface area (Å²) in [5.41, 5.74) is 3.41. The number of fused-ring (bicyclic) bond motifs is 2. The Morgan fingerprint density at radius 2 is 2.00 bits per heavy atom. The highest BCUT2D eigenvalue weighted by atomic mass is 32.1. The molecule has 4 aromatic rings. The van der Waals surface area contributed by atoms with E-state index in [-0.39, 0.29) is 5.41 Å². The van der Waals surface area contributed by atoms with E-state index in [4.69, 9.17) is 9.97 Å². The summed E-state index contributed by atoms with van der Waals surface area (Å²) >= 11 is 1.58. The summed E-state index contributed by atoms with van der Waals surface area (Å²) in [7, 11) is 0. The zero-order chi connectivity index (χ0) is 17.9. The van der Waals surface area contributed by atoms with Crippen LogP contribution in [0.25, 0.3) is 16.0 Å². The predicted molar refractivity (Wildman–Crippen MR) is 105 cm³/mol. The number of hydrogen-bond donors (Lipinski definition) is 1. The lowest BCUT2D eigenvalue weighted by Gasteiger charge is -2.13. The molecule has 1 aliphatic carbocycles. The first kappa shape index (κ1) is 15.8. The molecular formula is C19H22N6S.